The highest BCUT2D eigenvalue weighted by atomic mass is 35.5. The molecule has 0 bridgehead atoms. The Morgan fingerprint density at radius 3 is 2.19 bits per heavy atom. The number of fused-ring (bicyclic) bond motifs is 1. The molecule has 142 valence electrons. The summed E-state index contributed by atoms with van der Waals surface area (Å²) in [6, 6.07) is 1.65. The van der Waals surface area contributed by atoms with Crippen LogP contribution in [-0.4, -0.2) is 38.9 Å². The Bertz CT molecular complexity index is 903. The zero-order valence-corrected chi connectivity index (χ0v) is 17.1. The third kappa shape index (κ3) is 3.83. The van der Waals surface area contributed by atoms with Crippen molar-refractivity contribution in [2.24, 2.45) is 5.92 Å². The van der Waals surface area contributed by atoms with Gasteiger partial charge in [0.05, 0.1) is 21.2 Å². The van der Waals surface area contributed by atoms with Crippen LogP contribution in [0.5, 0.6) is 0 Å². The summed E-state index contributed by atoms with van der Waals surface area (Å²) in [5.41, 5.74) is 0.258. The van der Waals surface area contributed by atoms with Crippen LogP contribution in [0.3, 0.4) is 0 Å². The second-order valence-electron chi connectivity index (χ2n) is 6.56. The van der Waals surface area contributed by atoms with Crippen molar-refractivity contribution in [1.29, 1.82) is 0 Å². The molecule has 7 nitrogen and oxygen atoms in total. The number of benzene rings is 1. The molecule has 1 atom stereocenters. The third-order valence-corrected chi connectivity index (χ3v) is 5.59. The van der Waals surface area contributed by atoms with E-state index in [1.165, 1.54) is 30.4 Å². The second kappa shape index (κ2) is 7.53. The summed E-state index contributed by atoms with van der Waals surface area (Å²) in [4.78, 5) is 38.6. The van der Waals surface area contributed by atoms with Crippen LogP contribution in [-0.2, 0) is 11.2 Å². The van der Waals surface area contributed by atoms with E-state index in [1.807, 2.05) is 0 Å². The fourth-order valence-corrected chi connectivity index (χ4v) is 3.95. The van der Waals surface area contributed by atoms with Crippen molar-refractivity contribution in [2.75, 3.05) is 5.32 Å². The van der Waals surface area contributed by atoms with Crippen molar-refractivity contribution in [1.82, 2.24) is 15.1 Å². The number of nitrogens with one attached hydrogen (secondary N) is 1. The first-order valence-corrected chi connectivity index (χ1v) is 9.76. The smallest absolute Gasteiger partial charge is 0.262 e. The van der Waals surface area contributed by atoms with E-state index in [9.17, 15) is 14.4 Å². The summed E-state index contributed by atoms with van der Waals surface area (Å²) in [6.07, 6.45) is 0.753. The van der Waals surface area contributed by atoms with Crippen molar-refractivity contribution in [3.05, 3.63) is 38.3 Å². The Morgan fingerprint density at radius 1 is 1.11 bits per heavy atom. The van der Waals surface area contributed by atoms with Gasteiger partial charge in [0.25, 0.3) is 11.8 Å². The average Bonchev–Trinajstić information content (AvgIpc) is 3.11. The van der Waals surface area contributed by atoms with Crippen LogP contribution >= 0.6 is 34.5 Å². The van der Waals surface area contributed by atoms with Gasteiger partial charge in [-0.25, -0.2) is 0 Å². The number of halogens is 2. The van der Waals surface area contributed by atoms with Crippen LogP contribution < -0.4 is 5.32 Å². The Hall–Kier alpha value is -2.03. The number of nitrogens with zero attached hydrogens (tertiary/aromatic N) is 3. The second-order valence-corrected chi connectivity index (χ2v) is 8.43. The maximum absolute atomic E-state index is 12.6. The van der Waals surface area contributed by atoms with E-state index in [2.05, 4.69) is 29.4 Å². The van der Waals surface area contributed by atoms with Crippen molar-refractivity contribution >= 4 is 57.4 Å². The molecule has 1 aromatic heterocycles. The predicted octanol–water partition coefficient (Wildman–Crippen LogP) is 3.67. The normalized spacial score (nSPS) is 14.7. The lowest BCUT2D eigenvalue weighted by molar-refractivity contribution is -0.119. The molecule has 3 amide bonds. The quantitative estimate of drug-likeness (QED) is 0.736. The number of hydrogen-bond acceptors (Lipinski definition) is 6. The maximum atomic E-state index is 12.6. The monoisotopic (exact) mass is 426 g/mol. The topological polar surface area (TPSA) is 92.3 Å². The maximum Gasteiger partial charge on any atom is 0.262 e. The van der Waals surface area contributed by atoms with Crippen LogP contribution in [0.4, 0.5) is 5.13 Å². The molecule has 0 radical (unpaired) electrons. The Balaban J connectivity index is 1.76. The largest absolute Gasteiger partial charge is 0.299 e. The zero-order valence-electron chi connectivity index (χ0n) is 14.7. The lowest BCUT2D eigenvalue weighted by Crippen LogP contribution is -2.45. The molecule has 2 aromatic rings. The lowest BCUT2D eigenvalue weighted by atomic mass is 10.1. The Labute approximate surface area is 169 Å². The summed E-state index contributed by atoms with van der Waals surface area (Å²) >= 11 is 13.1. The van der Waals surface area contributed by atoms with E-state index in [4.69, 9.17) is 23.2 Å². The predicted molar refractivity (Wildman–Crippen MR) is 104 cm³/mol. The van der Waals surface area contributed by atoms with E-state index in [0.717, 1.165) is 16.3 Å². The molecule has 10 heteroatoms. The van der Waals surface area contributed by atoms with Crippen molar-refractivity contribution in [3.63, 3.8) is 0 Å². The standard InChI is InChI=1S/C17H16Cl2N4O3S/c1-7(2)4-13-21-22-17(27-13)20-14(24)8(3)23-15(25)9-5-11(18)12(19)6-10(9)16(23)26/h5-8H,4H2,1-3H3,(H,20,22,24). The van der Waals surface area contributed by atoms with E-state index >= 15 is 0 Å². The molecule has 0 aliphatic carbocycles. The van der Waals surface area contributed by atoms with E-state index in [1.54, 1.807) is 0 Å². The minimum atomic E-state index is -1.03. The van der Waals surface area contributed by atoms with E-state index in [-0.39, 0.29) is 21.2 Å². The average molecular weight is 427 g/mol. The zero-order chi connectivity index (χ0) is 19.9. The first kappa shape index (κ1) is 19.7. The highest BCUT2D eigenvalue weighted by Gasteiger charge is 2.41. The number of rotatable bonds is 5. The first-order chi connectivity index (χ1) is 12.7. The molecule has 1 unspecified atom stereocenters. The van der Waals surface area contributed by atoms with Gasteiger partial charge in [-0.2, -0.15) is 0 Å². The van der Waals surface area contributed by atoms with Crippen LogP contribution in [0.1, 0.15) is 46.5 Å². The summed E-state index contributed by atoms with van der Waals surface area (Å²) in [6.45, 7) is 5.58. The number of carbonyl (C=O) groups excluding carboxylic acids is 3. The van der Waals surface area contributed by atoms with Crippen LogP contribution in [0.25, 0.3) is 0 Å². The summed E-state index contributed by atoms with van der Waals surface area (Å²) in [5.74, 6) is -1.30. The van der Waals surface area contributed by atoms with Crippen LogP contribution in [0.15, 0.2) is 12.1 Å². The van der Waals surface area contributed by atoms with Gasteiger partial charge in [0.1, 0.15) is 11.0 Å². The minimum absolute atomic E-state index is 0.129. The van der Waals surface area contributed by atoms with Gasteiger partial charge in [-0.15, -0.1) is 10.2 Å². The Morgan fingerprint density at radius 2 is 1.67 bits per heavy atom. The van der Waals surface area contributed by atoms with E-state index < -0.39 is 23.8 Å². The number of hydrogen-bond donors (Lipinski definition) is 1. The Kier molecular flexibility index (Phi) is 5.50. The molecular weight excluding hydrogens is 411 g/mol. The lowest BCUT2D eigenvalue weighted by Gasteiger charge is -2.20. The number of imide groups is 1. The minimum Gasteiger partial charge on any atom is -0.299 e. The molecule has 27 heavy (non-hydrogen) atoms. The summed E-state index contributed by atoms with van der Waals surface area (Å²) < 4.78 is 0. The van der Waals surface area contributed by atoms with Gasteiger partial charge in [0.2, 0.25) is 11.0 Å². The first-order valence-electron chi connectivity index (χ1n) is 8.19. The van der Waals surface area contributed by atoms with Gasteiger partial charge in [-0.3, -0.25) is 24.6 Å². The van der Waals surface area contributed by atoms with Gasteiger partial charge < -0.3 is 0 Å². The summed E-state index contributed by atoms with van der Waals surface area (Å²) in [7, 11) is 0. The molecule has 0 fully saturated rings. The molecule has 1 N–H and O–H groups in total. The number of anilines is 1. The fourth-order valence-electron chi connectivity index (χ4n) is 2.67. The third-order valence-electron chi connectivity index (χ3n) is 4.01. The molecule has 0 spiro atoms. The van der Waals surface area contributed by atoms with Gasteiger partial charge >= 0.3 is 0 Å². The van der Waals surface area contributed by atoms with Crippen molar-refractivity contribution in [3.8, 4) is 0 Å². The SMILES string of the molecule is CC(C)Cc1nnc(NC(=O)C(C)N2C(=O)c3cc(Cl)c(Cl)cc3C2=O)s1. The van der Waals surface area contributed by atoms with Crippen LogP contribution in [0.2, 0.25) is 10.0 Å². The number of aromatic nitrogens is 2. The molecule has 2 heterocycles. The molecule has 1 aromatic carbocycles. The van der Waals surface area contributed by atoms with E-state index in [0.29, 0.717) is 11.0 Å². The van der Waals surface area contributed by atoms with Gasteiger partial charge in [0.15, 0.2) is 0 Å². The van der Waals surface area contributed by atoms with Gasteiger partial charge in [0, 0.05) is 6.42 Å². The van der Waals surface area contributed by atoms with Crippen molar-refractivity contribution in [2.45, 2.75) is 33.2 Å². The highest BCUT2D eigenvalue weighted by Crippen LogP contribution is 2.32. The van der Waals surface area contributed by atoms with Crippen LogP contribution in [0, 0.1) is 5.92 Å². The molecular formula is C17H16Cl2N4O3S. The summed E-state index contributed by atoms with van der Waals surface area (Å²) in [5, 5.41) is 12.0. The van der Waals surface area contributed by atoms with Gasteiger partial charge in [-0.05, 0) is 25.0 Å². The van der Waals surface area contributed by atoms with Crippen molar-refractivity contribution < 1.29 is 14.4 Å². The highest BCUT2D eigenvalue weighted by molar-refractivity contribution is 7.15. The fraction of sp³-hybridized carbons (Fsp3) is 0.353. The van der Waals surface area contributed by atoms with Gasteiger partial charge in [-0.1, -0.05) is 48.4 Å². The molecule has 0 saturated heterocycles. The number of carbonyl (C=O) groups is 3. The molecule has 3 rings (SSSR count). The number of amides is 3. The molecule has 1 aliphatic heterocycles. The molecule has 1 aliphatic rings. The molecule has 0 saturated carbocycles.